The quantitative estimate of drug-likeness (QED) is 0.872. The maximum atomic E-state index is 12.8. The molecule has 1 saturated heterocycles. The van der Waals surface area contributed by atoms with E-state index >= 15 is 0 Å². The van der Waals surface area contributed by atoms with Gasteiger partial charge in [-0.05, 0) is 31.5 Å². The summed E-state index contributed by atoms with van der Waals surface area (Å²) in [7, 11) is 0. The molecule has 2 heterocycles. The van der Waals surface area contributed by atoms with Crippen molar-refractivity contribution in [3.63, 3.8) is 0 Å². The summed E-state index contributed by atoms with van der Waals surface area (Å²) < 4.78 is 38.9. The van der Waals surface area contributed by atoms with Gasteiger partial charge in [0.2, 0.25) is 5.91 Å². The topological polar surface area (TPSA) is 70.5 Å². The van der Waals surface area contributed by atoms with Gasteiger partial charge in [-0.1, -0.05) is 0 Å². The van der Waals surface area contributed by atoms with Gasteiger partial charge >= 0.3 is 12.1 Å². The molecule has 1 amide bonds. The number of aromatic nitrogens is 1. The molecule has 0 radical (unpaired) electrons. The van der Waals surface area contributed by atoms with E-state index in [4.69, 9.17) is 0 Å². The van der Waals surface area contributed by atoms with Crippen LogP contribution in [0.25, 0.3) is 10.2 Å². The summed E-state index contributed by atoms with van der Waals surface area (Å²) in [6.45, 7) is 2.20. The van der Waals surface area contributed by atoms with E-state index < -0.39 is 23.1 Å². The molecule has 1 aliphatic heterocycles. The van der Waals surface area contributed by atoms with Gasteiger partial charge in [-0.2, -0.15) is 13.2 Å². The van der Waals surface area contributed by atoms with Crippen molar-refractivity contribution in [1.29, 1.82) is 0 Å². The van der Waals surface area contributed by atoms with Gasteiger partial charge in [0.1, 0.15) is 0 Å². The number of aliphatic carboxylic acids is 1. The lowest BCUT2D eigenvalue weighted by atomic mass is 9.90. The number of thiazole rings is 1. The molecule has 1 aromatic heterocycles. The largest absolute Gasteiger partial charge is 0.481 e. The summed E-state index contributed by atoms with van der Waals surface area (Å²) in [5.74, 6) is -1.08. The molecule has 1 fully saturated rings. The van der Waals surface area contributed by atoms with E-state index in [-0.39, 0.29) is 24.4 Å². The zero-order valence-corrected chi connectivity index (χ0v) is 14.8. The van der Waals surface area contributed by atoms with E-state index in [1.165, 1.54) is 22.3 Å². The fraction of sp³-hybridized carbons (Fsp3) is 0.471. The average molecular weight is 386 g/mol. The first-order valence-corrected chi connectivity index (χ1v) is 8.88. The van der Waals surface area contributed by atoms with E-state index in [1.807, 2.05) is 0 Å². The van der Waals surface area contributed by atoms with Crippen molar-refractivity contribution in [3.05, 3.63) is 28.8 Å². The summed E-state index contributed by atoms with van der Waals surface area (Å²) in [5.41, 5.74) is -1.39. The third-order valence-corrected chi connectivity index (χ3v) is 5.75. The normalized spacial score (nSPS) is 20.7. The zero-order valence-electron chi connectivity index (χ0n) is 14.0. The number of halogens is 3. The van der Waals surface area contributed by atoms with Crippen LogP contribution in [0.5, 0.6) is 0 Å². The minimum Gasteiger partial charge on any atom is -0.481 e. The summed E-state index contributed by atoms with van der Waals surface area (Å²) in [6.07, 6.45) is -3.53. The number of hydrogen-bond donors (Lipinski definition) is 1. The van der Waals surface area contributed by atoms with Crippen LogP contribution in [0.3, 0.4) is 0 Å². The molecule has 0 aliphatic carbocycles. The number of benzene rings is 1. The Morgan fingerprint density at radius 3 is 2.73 bits per heavy atom. The Kier molecular flexibility index (Phi) is 4.68. The van der Waals surface area contributed by atoms with Crippen molar-refractivity contribution in [2.45, 2.75) is 32.4 Å². The van der Waals surface area contributed by atoms with Crippen LogP contribution in [0.15, 0.2) is 18.2 Å². The van der Waals surface area contributed by atoms with Crippen LogP contribution in [-0.2, 0) is 22.2 Å². The molecule has 0 saturated carbocycles. The Labute approximate surface area is 151 Å². The fourth-order valence-corrected chi connectivity index (χ4v) is 3.93. The number of amides is 1. The van der Waals surface area contributed by atoms with Gasteiger partial charge in [0.25, 0.3) is 0 Å². The Morgan fingerprint density at radius 1 is 1.38 bits per heavy atom. The third-order valence-electron chi connectivity index (χ3n) is 4.65. The number of hydrogen-bond acceptors (Lipinski definition) is 4. The monoisotopic (exact) mass is 386 g/mol. The highest BCUT2D eigenvalue weighted by molar-refractivity contribution is 7.18. The lowest BCUT2D eigenvalue weighted by Crippen LogP contribution is -2.34. The van der Waals surface area contributed by atoms with Crippen molar-refractivity contribution in [2.75, 3.05) is 13.1 Å². The van der Waals surface area contributed by atoms with Gasteiger partial charge in [-0.15, -0.1) is 11.3 Å². The second-order valence-corrected chi connectivity index (χ2v) is 7.83. The van der Waals surface area contributed by atoms with Crippen LogP contribution in [0.4, 0.5) is 13.2 Å². The van der Waals surface area contributed by atoms with Crippen LogP contribution in [0.1, 0.15) is 30.3 Å². The van der Waals surface area contributed by atoms with Gasteiger partial charge in [-0.25, -0.2) is 4.98 Å². The number of fused-ring (bicyclic) bond motifs is 1. The summed E-state index contributed by atoms with van der Waals surface area (Å²) in [4.78, 5) is 29.3. The summed E-state index contributed by atoms with van der Waals surface area (Å²) in [5, 5.41) is 9.80. The van der Waals surface area contributed by atoms with E-state index in [0.29, 0.717) is 29.1 Å². The lowest BCUT2D eigenvalue weighted by Gasteiger charge is -2.20. The van der Waals surface area contributed by atoms with Crippen LogP contribution >= 0.6 is 11.3 Å². The summed E-state index contributed by atoms with van der Waals surface area (Å²) >= 11 is 1.26. The number of alkyl halides is 3. The number of rotatable bonds is 4. The molecule has 1 atom stereocenters. The second-order valence-electron chi connectivity index (χ2n) is 6.72. The number of nitrogens with zero attached hydrogens (tertiary/aromatic N) is 2. The average Bonchev–Trinajstić information content (AvgIpc) is 3.15. The molecule has 1 aromatic carbocycles. The molecule has 3 rings (SSSR count). The van der Waals surface area contributed by atoms with E-state index in [9.17, 15) is 27.9 Å². The highest BCUT2D eigenvalue weighted by Crippen LogP contribution is 2.33. The van der Waals surface area contributed by atoms with Crippen molar-refractivity contribution in [3.8, 4) is 0 Å². The van der Waals surface area contributed by atoms with Crippen LogP contribution in [-0.4, -0.2) is 40.0 Å². The lowest BCUT2D eigenvalue weighted by molar-refractivity contribution is -0.147. The number of carbonyl (C=O) groups is 2. The second kappa shape index (κ2) is 6.53. The van der Waals surface area contributed by atoms with Crippen molar-refractivity contribution < 1.29 is 27.9 Å². The molecule has 2 aromatic rings. The number of carboxylic acid groups (broad SMARTS) is 1. The Morgan fingerprint density at radius 2 is 2.12 bits per heavy atom. The zero-order chi connectivity index (χ0) is 19.1. The molecular formula is C17H17F3N2O3S. The first-order valence-electron chi connectivity index (χ1n) is 8.06. The predicted molar refractivity (Wildman–Crippen MR) is 89.9 cm³/mol. The molecule has 26 heavy (non-hydrogen) atoms. The van der Waals surface area contributed by atoms with E-state index in [2.05, 4.69) is 4.98 Å². The van der Waals surface area contributed by atoms with E-state index in [1.54, 1.807) is 6.92 Å². The molecule has 140 valence electrons. The first kappa shape index (κ1) is 18.6. The minimum atomic E-state index is -4.42. The number of aryl methyl sites for hydroxylation is 1. The summed E-state index contributed by atoms with van der Waals surface area (Å²) in [6, 6.07) is 3.42. The number of likely N-dealkylation sites (tertiary alicyclic amines) is 1. The van der Waals surface area contributed by atoms with Crippen molar-refractivity contribution in [1.82, 2.24) is 9.88 Å². The minimum absolute atomic E-state index is 0.154. The molecule has 1 N–H and O–H groups in total. The van der Waals surface area contributed by atoms with Gasteiger partial charge in [-0.3, -0.25) is 9.59 Å². The number of carbonyl (C=O) groups excluding carboxylic acids is 1. The van der Waals surface area contributed by atoms with E-state index in [0.717, 1.165) is 12.1 Å². The van der Waals surface area contributed by atoms with Crippen LogP contribution < -0.4 is 0 Å². The first-order chi connectivity index (χ1) is 12.1. The Balaban J connectivity index is 1.65. The predicted octanol–water partition coefficient (Wildman–Crippen LogP) is 3.57. The molecule has 9 heteroatoms. The smallest absolute Gasteiger partial charge is 0.416 e. The van der Waals surface area contributed by atoms with Crippen molar-refractivity contribution in [2.24, 2.45) is 5.41 Å². The standard InChI is InChI=1S/C17H17F3N2O3S/c1-16(15(24)25)6-7-22(9-16)14(23)5-4-13-21-11-8-10(17(18,19)20)2-3-12(11)26-13/h2-3,8H,4-7,9H2,1H3,(H,24,25)/t16-/m1/s1. The maximum Gasteiger partial charge on any atom is 0.416 e. The molecule has 5 nitrogen and oxygen atoms in total. The molecule has 1 aliphatic rings. The van der Waals surface area contributed by atoms with Gasteiger partial charge in [0.15, 0.2) is 0 Å². The molecule has 0 unspecified atom stereocenters. The highest BCUT2D eigenvalue weighted by Gasteiger charge is 2.41. The Hall–Kier alpha value is -2.16. The van der Waals surface area contributed by atoms with Crippen LogP contribution in [0.2, 0.25) is 0 Å². The molecule has 0 spiro atoms. The maximum absolute atomic E-state index is 12.8. The SMILES string of the molecule is C[C@@]1(C(=O)O)CCN(C(=O)CCc2nc3cc(C(F)(F)F)ccc3s2)C1. The van der Waals surface area contributed by atoms with Gasteiger partial charge in [0, 0.05) is 25.9 Å². The van der Waals surface area contributed by atoms with Crippen molar-refractivity contribution >= 4 is 33.4 Å². The van der Waals surface area contributed by atoms with Gasteiger partial charge < -0.3 is 10.0 Å². The Bertz CT molecular complexity index is 865. The molecular weight excluding hydrogens is 369 g/mol. The third kappa shape index (κ3) is 3.67. The molecule has 0 bridgehead atoms. The highest BCUT2D eigenvalue weighted by atomic mass is 32.1. The fourth-order valence-electron chi connectivity index (χ4n) is 2.98. The number of carboxylic acids is 1. The van der Waals surface area contributed by atoms with Crippen LogP contribution in [0, 0.1) is 5.41 Å². The van der Waals surface area contributed by atoms with Gasteiger partial charge in [0.05, 0.1) is 26.2 Å².